The molecule has 13 heavy (non-hydrogen) atoms. The van der Waals surface area contributed by atoms with Crippen molar-refractivity contribution in [2.24, 2.45) is 0 Å². The standard InChI is InChI=1S/C11H16O2/c1-8-4-5-10(6-9(8)2)11(7-12)13-3/h4-6,11-12H,7H2,1-3H3/t11-/m0/s1. The molecule has 2 nitrogen and oxygen atoms in total. The lowest BCUT2D eigenvalue weighted by atomic mass is 10.0. The summed E-state index contributed by atoms with van der Waals surface area (Å²) in [5.41, 5.74) is 3.53. The summed E-state index contributed by atoms with van der Waals surface area (Å²) >= 11 is 0. The second-order valence-corrected chi connectivity index (χ2v) is 3.25. The number of hydrogen-bond donors (Lipinski definition) is 1. The maximum Gasteiger partial charge on any atom is 0.105 e. The molecule has 72 valence electrons. The van der Waals surface area contributed by atoms with Gasteiger partial charge in [-0.1, -0.05) is 18.2 Å². The molecule has 1 aromatic carbocycles. The molecule has 0 unspecified atom stereocenters. The molecule has 0 aliphatic heterocycles. The fourth-order valence-corrected chi connectivity index (χ4v) is 1.28. The van der Waals surface area contributed by atoms with E-state index >= 15 is 0 Å². The SMILES string of the molecule is CO[C@@H](CO)c1ccc(C)c(C)c1. The van der Waals surface area contributed by atoms with E-state index in [0.29, 0.717) is 0 Å². The van der Waals surface area contributed by atoms with Crippen molar-refractivity contribution in [2.75, 3.05) is 13.7 Å². The lowest BCUT2D eigenvalue weighted by molar-refractivity contribution is 0.0484. The molecule has 0 aromatic heterocycles. The number of aliphatic hydroxyl groups is 1. The van der Waals surface area contributed by atoms with Gasteiger partial charge in [0.25, 0.3) is 0 Å². The van der Waals surface area contributed by atoms with Crippen LogP contribution in [0.15, 0.2) is 18.2 Å². The number of methoxy groups -OCH3 is 1. The predicted octanol–water partition coefficient (Wildman–Crippen LogP) is 1.98. The average molecular weight is 180 g/mol. The number of benzene rings is 1. The van der Waals surface area contributed by atoms with Gasteiger partial charge in [0, 0.05) is 7.11 Å². The van der Waals surface area contributed by atoms with Crippen molar-refractivity contribution in [2.45, 2.75) is 20.0 Å². The largest absolute Gasteiger partial charge is 0.393 e. The number of hydrogen-bond acceptors (Lipinski definition) is 2. The average Bonchev–Trinajstić information content (AvgIpc) is 2.13. The zero-order chi connectivity index (χ0) is 9.84. The fraction of sp³-hybridized carbons (Fsp3) is 0.455. The Morgan fingerprint density at radius 3 is 2.46 bits per heavy atom. The van der Waals surface area contributed by atoms with Crippen LogP contribution in [0.1, 0.15) is 22.8 Å². The molecule has 1 atom stereocenters. The highest BCUT2D eigenvalue weighted by Gasteiger charge is 2.08. The maximum absolute atomic E-state index is 9.01. The molecule has 0 radical (unpaired) electrons. The van der Waals surface area contributed by atoms with Crippen LogP contribution in [0.3, 0.4) is 0 Å². The summed E-state index contributed by atoms with van der Waals surface area (Å²) in [4.78, 5) is 0. The van der Waals surface area contributed by atoms with E-state index in [1.807, 2.05) is 12.1 Å². The van der Waals surface area contributed by atoms with Gasteiger partial charge in [0.1, 0.15) is 6.10 Å². The first-order valence-electron chi connectivity index (χ1n) is 4.40. The van der Waals surface area contributed by atoms with Crippen molar-refractivity contribution in [1.82, 2.24) is 0 Å². The van der Waals surface area contributed by atoms with Gasteiger partial charge in [0.15, 0.2) is 0 Å². The Bertz CT molecular complexity index is 277. The van der Waals surface area contributed by atoms with E-state index < -0.39 is 0 Å². The van der Waals surface area contributed by atoms with Gasteiger partial charge < -0.3 is 9.84 Å². The zero-order valence-electron chi connectivity index (χ0n) is 8.37. The minimum Gasteiger partial charge on any atom is -0.393 e. The van der Waals surface area contributed by atoms with Crippen LogP contribution >= 0.6 is 0 Å². The smallest absolute Gasteiger partial charge is 0.105 e. The van der Waals surface area contributed by atoms with Crippen molar-refractivity contribution >= 4 is 0 Å². The molecule has 1 N–H and O–H groups in total. The normalized spacial score (nSPS) is 12.9. The van der Waals surface area contributed by atoms with Crippen molar-refractivity contribution in [1.29, 1.82) is 0 Å². The first-order valence-corrected chi connectivity index (χ1v) is 4.40. The van der Waals surface area contributed by atoms with E-state index in [1.165, 1.54) is 11.1 Å². The Balaban J connectivity index is 2.95. The molecule has 0 fully saturated rings. The second kappa shape index (κ2) is 4.40. The summed E-state index contributed by atoms with van der Waals surface area (Å²) in [5, 5.41) is 9.01. The van der Waals surface area contributed by atoms with Crippen molar-refractivity contribution in [3.05, 3.63) is 34.9 Å². The number of aliphatic hydroxyl groups excluding tert-OH is 1. The quantitative estimate of drug-likeness (QED) is 0.770. The van der Waals surface area contributed by atoms with Crippen molar-refractivity contribution in [3.63, 3.8) is 0 Å². The topological polar surface area (TPSA) is 29.5 Å². The number of aryl methyl sites for hydroxylation is 2. The van der Waals surface area contributed by atoms with E-state index in [2.05, 4.69) is 19.9 Å². The molecule has 2 heteroatoms. The highest BCUT2D eigenvalue weighted by Crippen LogP contribution is 2.18. The number of ether oxygens (including phenoxy) is 1. The van der Waals surface area contributed by atoms with Gasteiger partial charge in [-0.25, -0.2) is 0 Å². The Morgan fingerprint density at radius 1 is 1.31 bits per heavy atom. The van der Waals surface area contributed by atoms with Gasteiger partial charge in [0.2, 0.25) is 0 Å². The first-order chi connectivity index (χ1) is 6.19. The summed E-state index contributed by atoms with van der Waals surface area (Å²) in [5.74, 6) is 0. The third kappa shape index (κ3) is 2.29. The van der Waals surface area contributed by atoms with Crippen LogP contribution in [0.25, 0.3) is 0 Å². The van der Waals surface area contributed by atoms with Gasteiger partial charge >= 0.3 is 0 Å². The molecule has 0 aliphatic carbocycles. The van der Waals surface area contributed by atoms with Crippen LogP contribution < -0.4 is 0 Å². The van der Waals surface area contributed by atoms with E-state index in [1.54, 1.807) is 7.11 Å². The highest BCUT2D eigenvalue weighted by atomic mass is 16.5. The monoisotopic (exact) mass is 180 g/mol. The summed E-state index contributed by atoms with van der Waals surface area (Å²) in [7, 11) is 1.61. The van der Waals surface area contributed by atoms with Gasteiger partial charge in [-0.05, 0) is 30.5 Å². The van der Waals surface area contributed by atoms with E-state index in [4.69, 9.17) is 9.84 Å². The summed E-state index contributed by atoms with van der Waals surface area (Å²) in [6.45, 7) is 4.15. The van der Waals surface area contributed by atoms with Gasteiger partial charge in [-0.2, -0.15) is 0 Å². The van der Waals surface area contributed by atoms with E-state index in [9.17, 15) is 0 Å². The Kier molecular flexibility index (Phi) is 3.46. The molecule has 0 saturated heterocycles. The Morgan fingerprint density at radius 2 is 2.00 bits per heavy atom. The van der Waals surface area contributed by atoms with Crippen LogP contribution in [0.4, 0.5) is 0 Å². The van der Waals surface area contributed by atoms with Crippen molar-refractivity contribution < 1.29 is 9.84 Å². The zero-order valence-corrected chi connectivity index (χ0v) is 8.37. The third-order valence-electron chi connectivity index (χ3n) is 2.35. The molecule has 0 bridgehead atoms. The molecule has 1 rings (SSSR count). The first kappa shape index (κ1) is 10.2. The lowest BCUT2D eigenvalue weighted by Gasteiger charge is -2.13. The molecule has 0 aliphatic rings. The van der Waals surface area contributed by atoms with Crippen LogP contribution in [-0.2, 0) is 4.74 Å². The van der Waals surface area contributed by atoms with Gasteiger partial charge in [-0.3, -0.25) is 0 Å². The summed E-state index contributed by atoms with van der Waals surface area (Å²) in [6.07, 6.45) is -0.195. The summed E-state index contributed by atoms with van der Waals surface area (Å²) in [6, 6.07) is 6.10. The molecule has 0 amide bonds. The van der Waals surface area contributed by atoms with Crippen LogP contribution in [0.2, 0.25) is 0 Å². The Hall–Kier alpha value is -0.860. The molecular weight excluding hydrogens is 164 g/mol. The van der Waals surface area contributed by atoms with E-state index in [0.717, 1.165) is 5.56 Å². The molecule has 0 saturated carbocycles. The third-order valence-corrected chi connectivity index (χ3v) is 2.35. The Labute approximate surface area is 79.2 Å². The number of rotatable bonds is 3. The second-order valence-electron chi connectivity index (χ2n) is 3.25. The minimum atomic E-state index is -0.195. The van der Waals surface area contributed by atoms with Crippen LogP contribution in [0.5, 0.6) is 0 Å². The van der Waals surface area contributed by atoms with Crippen molar-refractivity contribution in [3.8, 4) is 0 Å². The van der Waals surface area contributed by atoms with E-state index in [-0.39, 0.29) is 12.7 Å². The highest BCUT2D eigenvalue weighted by molar-refractivity contribution is 5.31. The lowest BCUT2D eigenvalue weighted by Crippen LogP contribution is -2.06. The molecular formula is C11H16O2. The molecule has 0 spiro atoms. The molecule has 1 aromatic rings. The maximum atomic E-state index is 9.01. The van der Waals surface area contributed by atoms with Crippen LogP contribution in [0, 0.1) is 13.8 Å². The van der Waals surface area contributed by atoms with Crippen LogP contribution in [-0.4, -0.2) is 18.8 Å². The van der Waals surface area contributed by atoms with Gasteiger partial charge in [0.05, 0.1) is 6.61 Å². The van der Waals surface area contributed by atoms with Gasteiger partial charge in [-0.15, -0.1) is 0 Å². The predicted molar refractivity (Wildman–Crippen MR) is 52.8 cm³/mol. The minimum absolute atomic E-state index is 0.0268. The fourth-order valence-electron chi connectivity index (χ4n) is 1.28. The summed E-state index contributed by atoms with van der Waals surface area (Å²) < 4.78 is 5.13. The molecule has 0 heterocycles.